The number of carbonyl (C=O) groups is 2. The lowest BCUT2D eigenvalue weighted by Crippen LogP contribution is -2.45. The maximum atomic E-state index is 13.4. The van der Waals surface area contributed by atoms with Crippen molar-refractivity contribution < 1.29 is 22.7 Å². The topological polar surface area (TPSA) is 89.5 Å². The fourth-order valence-electron chi connectivity index (χ4n) is 3.60. The second-order valence-electron chi connectivity index (χ2n) is 8.49. The molecule has 1 saturated carbocycles. The van der Waals surface area contributed by atoms with Crippen LogP contribution in [0.3, 0.4) is 0 Å². The SMILES string of the molecule is Cc1ccc([C@H]2[C@@H](S(=O)(=O)c3ccc(Cl)cc3)[C@@]2(C=O)NC(=O)OC(C)(C)C)cc1. The van der Waals surface area contributed by atoms with Crippen molar-refractivity contribution in [2.45, 2.75) is 54.9 Å². The molecular weight excluding hydrogens is 426 g/mol. The summed E-state index contributed by atoms with van der Waals surface area (Å²) >= 11 is 5.89. The Morgan fingerprint density at radius 1 is 1.10 bits per heavy atom. The van der Waals surface area contributed by atoms with Gasteiger partial charge >= 0.3 is 6.09 Å². The van der Waals surface area contributed by atoms with Gasteiger partial charge in [-0.3, -0.25) is 0 Å². The first-order chi connectivity index (χ1) is 13.9. The van der Waals surface area contributed by atoms with E-state index in [9.17, 15) is 18.0 Å². The predicted octanol–water partition coefficient (Wildman–Crippen LogP) is 4.05. The highest BCUT2D eigenvalue weighted by molar-refractivity contribution is 7.92. The van der Waals surface area contributed by atoms with Crippen molar-refractivity contribution in [3.63, 3.8) is 0 Å². The Labute approximate surface area is 181 Å². The zero-order chi connectivity index (χ0) is 22.3. The van der Waals surface area contributed by atoms with Crippen LogP contribution in [0.25, 0.3) is 0 Å². The molecule has 0 saturated heterocycles. The summed E-state index contributed by atoms with van der Waals surface area (Å²) in [6, 6.07) is 12.9. The normalized spacial score (nSPS) is 23.5. The van der Waals surface area contributed by atoms with E-state index < -0.39 is 38.2 Å². The van der Waals surface area contributed by atoms with E-state index in [-0.39, 0.29) is 4.90 Å². The predicted molar refractivity (Wildman–Crippen MR) is 115 cm³/mol. The average molecular weight is 450 g/mol. The molecule has 1 amide bonds. The maximum Gasteiger partial charge on any atom is 0.408 e. The fraction of sp³-hybridized carbons (Fsp3) is 0.364. The minimum atomic E-state index is -3.96. The van der Waals surface area contributed by atoms with Gasteiger partial charge < -0.3 is 14.8 Å². The summed E-state index contributed by atoms with van der Waals surface area (Å²) in [5.74, 6) is -0.746. The molecule has 8 heteroatoms. The van der Waals surface area contributed by atoms with Gasteiger partial charge in [0.25, 0.3) is 0 Å². The Balaban J connectivity index is 2.04. The molecule has 1 aliphatic rings. The third-order valence-electron chi connectivity index (χ3n) is 5.00. The van der Waals surface area contributed by atoms with Gasteiger partial charge in [-0.1, -0.05) is 41.4 Å². The zero-order valence-corrected chi connectivity index (χ0v) is 18.8. The maximum absolute atomic E-state index is 13.4. The van der Waals surface area contributed by atoms with Gasteiger partial charge in [-0.2, -0.15) is 0 Å². The molecule has 1 N–H and O–H groups in total. The minimum Gasteiger partial charge on any atom is -0.444 e. The third-order valence-corrected chi connectivity index (χ3v) is 7.52. The highest BCUT2D eigenvalue weighted by Gasteiger charge is 2.73. The van der Waals surface area contributed by atoms with Crippen molar-refractivity contribution in [2.24, 2.45) is 0 Å². The Bertz CT molecular complexity index is 1060. The van der Waals surface area contributed by atoms with E-state index >= 15 is 0 Å². The molecule has 6 nitrogen and oxygen atoms in total. The molecular formula is C22H24ClNO5S. The molecule has 2 aromatic carbocycles. The average Bonchev–Trinajstić information content (AvgIpc) is 3.30. The number of benzene rings is 2. The number of sulfone groups is 1. The molecule has 1 aliphatic carbocycles. The van der Waals surface area contributed by atoms with E-state index in [0.29, 0.717) is 16.9 Å². The first kappa shape index (κ1) is 22.3. The molecule has 0 bridgehead atoms. The molecule has 0 aromatic heterocycles. The van der Waals surface area contributed by atoms with Crippen molar-refractivity contribution in [1.29, 1.82) is 0 Å². The lowest BCUT2D eigenvalue weighted by atomic mass is 10.1. The number of halogens is 1. The van der Waals surface area contributed by atoms with Crippen LogP contribution in [0.2, 0.25) is 5.02 Å². The molecule has 2 aromatic rings. The van der Waals surface area contributed by atoms with Crippen LogP contribution in [-0.4, -0.2) is 37.2 Å². The largest absolute Gasteiger partial charge is 0.444 e. The minimum absolute atomic E-state index is 0.0312. The molecule has 1 fully saturated rings. The van der Waals surface area contributed by atoms with E-state index in [4.69, 9.17) is 16.3 Å². The number of alkyl carbamates (subject to hydrolysis) is 1. The van der Waals surface area contributed by atoms with Crippen LogP contribution in [-0.2, 0) is 19.4 Å². The van der Waals surface area contributed by atoms with Crippen molar-refractivity contribution in [3.8, 4) is 0 Å². The molecule has 0 unspecified atom stereocenters. The number of nitrogens with one attached hydrogen (secondary N) is 1. The van der Waals surface area contributed by atoms with Crippen molar-refractivity contribution in [3.05, 3.63) is 64.7 Å². The van der Waals surface area contributed by atoms with Gasteiger partial charge in [0, 0.05) is 10.9 Å². The second-order valence-corrected chi connectivity index (χ2v) is 11.0. The van der Waals surface area contributed by atoms with Gasteiger partial charge in [-0.25, -0.2) is 13.2 Å². The highest BCUT2D eigenvalue weighted by atomic mass is 35.5. The summed E-state index contributed by atoms with van der Waals surface area (Å²) in [5.41, 5.74) is -0.789. The number of ether oxygens (including phenoxy) is 1. The Hall–Kier alpha value is -2.38. The first-order valence-corrected chi connectivity index (χ1v) is 11.4. The van der Waals surface area contributed by atoms with Gasteiger partial charge in [0.15, 0.2) is 9.84 Å². The molecule has 3 rings (SSSR count). The lowest BCUT2D eigenvalue weighted by Gasteiger charge is -2.22. The molecule has 3 atom stereocenters. The Kier molecular flexibility index (Phi) is 5.73. The van der Waals surface area contributed by atoms with Crippen molar-refractivity contribution >= 4 is 33.8 Å². The zero-order valence-electron chi connectivity index (χ0n) is 17.2. The Morgan fingerprint density at radius 2 is 1.67 bits per heavy atom. The summed E-state index contributed by atoms with van der Waals surface area (Å²) in [5, 5.41) is 1.77. The highest BCUT2D eigenvalue weighted by Crippen LogP contribution is 2.56. The summed E-state index contributed by atoms with van der Waals surface area (Å²) in [6.07, 6.45) is -0.347. The van der Waals surface area contributed by atoms with E-state index in [1.807, 2.05) is 19.1 Å². The molecule has 0 aliphatic heterocycles. The van der Waals surface area contributed by atoms with Crippen LogP contribution < -0.4 is 5.32 Å². The number of hydrogen-bond acceptors (Lipinski definition) is 5. The number of aldehydes is 1. The first-order valence-electron chi connectivity index (χ1n) is 9.44. The molecule has 30 heavy (non-hydrogen) atoms. The fourth-order valence-corrected chi connectivity index (χ4v) is 5.98. The summed E-state index contributed by atoms with van der Waals surface area (Å²) < 4.78 is 32.1. The molecule has 160 valence electrons. The van der Waals surface area contributed by atoms with Gasteiger partial charge in [-0.15, -0.1) is 0 Å². The van der Waals surface area contributed by atoms with Gasteiger partial charge in [0.05, 0.1) is 4.90 Å². The number of aryl methyl sites for hydroxylation is 1. The third kappa shape index (κ3) is 4.23. The van der Waals surface area contributed by atoms with Crippen LogP contribution in [0.1, 0.15) is 37.8 Å². The van der Waals surface area contributed by atoms with Crippen molar-refractivity contribution in [1.82, 2.24) is 5.32 Å². The molecule has 0 heterocycles. The summed E-state index contributed by atoms with van der Waals surface area (Å²) in [7, 11) is -3.96. The van der Waals surface area contributed by atoms with E-state index in [1.165, 1.54) is 24.3 Å². The standard InChI is InChI=1S/C22H24ClNO5S/c1-14-5-7-15(8-6-14)18-19(30(27,28)17-11-9-16(23)10-12-17)22(18,13-25)24-20(26)29-21(2,3)4/h5-13,18-19H,1-4H3,(H,24,26)/t18-,19+,22-/m0/s1. The molecule has 0 spiro atoms. The quantitative estimate of drug-likeness (QED) is 0.695. The number of hydrogen-bond donors (Lipinski definition) is 1. The van der Waals surface area contributed by atoms with E-state index in [0.717, 1.165) is 5.56 Å². The lowest BCUT2D eigenvalue weighted by molar-refractivity contribution is -0.110. The van der Waals surface area contributed by atoms with Gasteiger partial charge in [0.2, 0.25) is 0 Å². The molecule has 0 radical (unpaired) electrons. The van der Waals surface area contributed by atoms with E-state index in [2.05, 4.69) is 5.32 Å². The van der Waals surface area contributed by atoms with Gasteiger partial charge in [0.1, 0.15) is 22.7 Å². The summed E-state index contributed by atoms with van der Waals surface area (Å²) in [6.45, 7) is 6.97. The number of amides is 1. The van der Waals surface area contributed by atoms with Crippen LogP contribution in [0.15, 0.2) is 53.4 Å². The van der Waals surface area contributed by atoms with Crippen LogP contribution in [0.5, 0.6) is 0 Å². The van der Waals surface area contributed by atoms with Crippen LogP contribution >= 0.6 is 11.6 Å². The van der Waals surface area contributed by atoms with Crippen molar-refractivity contribution in [2.75, 3.05) is 0 Å². The van der Waals surface area contributed by atoms with E-state index in [1.54, 1.807) is 32.9 Å². The van der Waals surface area contributed by atoms with Gasteiger partial charge in [-0.05, 0) is 57.5 Å². The smallest absolute Gasteiger partial charge is 0.408 e. The van der Waals surface area contributed by atoms with Crippen LogP contribution in [0, 0.1) is 6.92 Å². The summed E-state index contributed by atoms with van der Waals surface area (Å²) in [4.78, 5) is 24.7. The monoisotopic (exact) mass is 449 g/mol. The number of carbonyl (C=O) groups excluding carboxylic acids is 2. The van der Waals surface area contributed by atoms with Crippen LogP contribution in [0.4, 0.5) is 4.79 Å². The number of rotatable bonds is 5. The Morgan fingerprint density at radius 3 is 2.17 bits per heavy atom. The second kappa shape index (κ2) is 7.71.